The van der Waals surface area contributed by atoms with Crippen molar-refractivity contribution in [3.05, 3.63) is 22.4 Å². The molecule has 1 heterocycles. The molecule has 1 atom stereocenters. The Balaban J connectivity index is 2.48. The van der Waals surface area contributed by atoms with Crippen molar-refractivity contribution in [3.63, 3.8) is 0 Å². The van der Waals surface area contributed by atoms with E-state index in [1.807, 2.05) is 24.4 Å². The van der Waals surface area contributed by atoms with Crippen LogP contribution in [0, 0.1) is 12.3 Å². The quantitative estimate of drug-likeness (QED) is 0.730. The van der Waals surface area contributed by atoms with Crippen LogP contribution in [0.15, 0.2) is 17.5 Å². The molecule has 0 saturated carbocycles. The second-order valence-corrected chi connectivity index (χ2v) is 5.03. The number of aliphatic carboxylic acids is 1. The molecule has 0 bridgehead atoms. The molecule has 1 amide bonds. The van der Waals surface area contributed by atoms with Crippen LogP contribution in [0.3, 0.4) is 0 Å². The number of amides is 1. The summed E-state index contributed by atoms with van der Waals surface area (Å²) >= 11 is 1.56. The molecule has 19 heavy (non-hydrogen) atoms. The van der Waals surface area contributed by atoms with Gasteiger partial charge >= 0.3 is 5.97 Å². The van der Waals surface area contributed by atoms with E-state index in [1.54, 1.807) is 11.3 Å². The summed E-state index contributed by atoms with van der Waals surface area (Å²) < 4.78 is 0. The molecule has 0 spiro atoms. The summed E-state index contributed by atoms with van der Waals surface area (Å²) in [6, 6.07) is 3.76. The van der Waals surface area contributed by atoms with Crippen LogP contribution < -0.4 is 5.32 Å². The van der Waals surface area contributed by atoms with Gasteiger partial charge in [-0.15, -0.1) is 17.8 Å². The van der Waals surface area contributed by atoms with E-state index in [0.717, 1.165) is 4.88 Å². The fraction of sp³-hybridized carbons (Fsp3) is 0.385. The Morgan fingerprint density at radius 3 is 2.84 bits per heavy atom. The monoisotopic (exact) mass is 280 g/mol. The van der Waals surface area contributed by atoms with Gasteiger partial charge in [-0.25, -0.2) is 0 Å². The van der Waals surface area contributed by atoms with Crippen molar-refractivity contribution in [3.8, 4) is 12.3 Å². The Kier molecular flexibility index (Phi) is 6.06. The van der Waals surface area contributed by atoms with Crippen LogP contribution in [-0.4, -0.2) is 41.5 Å². The number of terminal acetylenes is 1. The van der Waals surface area contributed by atoms with Gasteiger partial charge in [0.2, 0.25) is 5.91 Å². The Hall–Kier alpha value is -1.84. The Morgan fingerprint density at radius 2 is 2.32 bits per heavy atom. The predicted octanol–water partition coefficient (Wildman–Crippen LogP) is 0.945. The van der Waals surface area contributed by atoms with Gasteiger partial charge in [-0.05, 0) is 18.4 Å². The van der Waals surface area contributed by atoms with E-state index in [4.69, 9.17) is 11.5 Å². The average molecular weight is 280 g/mol. The molecule has 0 aliphatic carbocycles. The number of thiophene rings is 1. The van der Waals surface area contributed by atoms with Crippen molar-refractivity contribution in [2.75, 3.05) is 19.6 Å². The molecule has 0 aliphatic rings. The van der Waals surface area contributed by atoms with Crippen molar-refractivity contribution in [1.29, 1.82) is 0 Å². The Labute approximate surface area is 116 Å². The number of carboxylic acid groups (broad SMARTS) is 1. The summed E-state index contributed by atoms with van der Waals surface area (Å²) in [7, 11) is 0. The van der Waals surface area contributed by atoms with Gasteiger partial charge in [0.25, 0.3) is 0 Å². The van der Waals surface area contributed by atoms with Crippen molar-refractivity contribution in [2.24, 2.45) is 0 Å². The number of carbonyl (C=O) groups is 2. The lowest BCUT2D eigenvalue weighted by Crippen LogP contribution is -2.40. The van der Waals surface area contributed by atoms with Gasteiger partial charge in [0.05, 0.1) is 25.7 Å². The highest BCUT2D eigenvalue weighted by molar-refractivity contribution is 7.10. The van der Waals surface area contributed by atoms with Gasteiger partial charge in [-0.1, -0.05) is 12.0 Å². The second-order valence-electron chi connectivity index (χ2n) is 4.05. The summed E-state index contributed by atoms with van der Waals surface area (Å²) in [5.74, 6) is 1.10. The third kappa shape index (κ3) is 5.55. The van der Waals surface area contributed by atoms with E-state index >= 15 is 0 Å². The van der Waals surface area contributed by atoms with Gasteiger partial charge in [-0.2, -0.15) is 0 Å². The summed E-state index contributed by atoms with van der Waals surface area (Å²) in [6.07, 6.45) is 5.14. The molecule has 1 unspecified atom stereocenters. The van der Waals surface area contributed by atoms with Crippen LogP contribution in [0.25, 0.3) is 0 Å². The van der Waals surface area contributed by atoms with Crippen LogP contribution in [0.5, 0.6) is 0 Å². The molecule has 0 aromatic carbocycles. The number of hydrogen-bond acceptors (Lipinski definition) is 4. The molecule has 1 aromatic rings. The minimum absolute atomic E-state index is 0.0216. The standard InChI is InChI=1S/C13H16N2O3S/c1-3-6-15(9-13(17)18)8-12(16)14-10(2)11-5-4-7-19-11/h1,4-5,7,10H,6,8-9H2,2H3,(H,14,16)(H,17,18). The first-order valence-corrected chi connectivity index (χ1v) is 6.61. The van der Waals surface area contributed by atoms with E-state index in [1.165, 1.54) is 4.90 Å². The maximum Gasteiger partial charge on any atom is 0.317 e. The van der Waals surface area contributed by atoms with Crippen molar-refractivity contribution in [2.45, 2.75) is 13.0 Å². The highest BCUT2D eigenvalue weighted by atomic mass is 32.1. The first-order chi connectivity index (χ1) is 9.02. The lowest BCUT2D eigenvalue weighted by molar-refractivity contribution is -0.138. The molecule has 1 rings (SSSR count). The van der Waals surface area contributed by atoms with Crippen LogP contribution in [0.4, 0.5) is 0 Å². The highest BCUT2D eigenvalue weighted by Gasteiger charge is 2.15. The summed E-state index contributed by atoms with van der Waals surface area (Å²) in [4.78, 5) is 24.9. The van der Waals surface area contributed by atoms with Gasteiger partial charge in [0.1, 0.15) is 0 Å². The molecular formula is C13H16N2O3S. The van der Waals surface area contributed by atoms with E-state index in [2.05, 4.69) is 11.2 Å². The molecule has 6 heteroatoms. The van der Waals surface area contributed by atoms with Crippen molar-refractivity contribution < 1.29 is 14.7 Å². The molecule has 0 fully saturated rings. The zero-order valence-electron chi connectivity index (χ0n) is 10.6. The maximum absolute atomic E-state index is 11.8. The summed E-state index contributed by atoms with van der Waals surface area (Å²) in [5.41, 5.74) is 0. The normalized spacial score (nSPS) is 11.8. The van der Waals surface area contributed by atoms with Gasteiger partial charge in [0, 0.05) is 4.88 Å². The second kappa shape index (κ2) is 7.56. The largest absolute Gasteiger partial charge is 0.480 e. The smallest absolute Gasteiger partial charge is 0.317 e. The first kappa shape index (κ1) is 15.2. The minimum atomic E-state index is -1.01. The number of nitrogens with one attached hydrogen (secondary N) is 1. The van der Waals surface area contributed by atoms with E-state index in [9.17, 15) is 9.59 Å². The Morgan fingerprint density at radius 1 is 1.58 bits per heavy atom. The van der Waals surface area contributed by atoms with Crippen LogP contribution in [-0.2, 0) is 9.59 Å². The maximum atomic E-state index is 11.8. The van der Waals surface area contributed by atoms with Gasteiger partial charge in [-0.3, -0.25) is 14.5 Å². The van der Waals surface area contributed by atoms with Gasteiger partial charge < -0.3 is 10.4 Å². The summed E-state index contributed by atoms with van der Waals surface area (Å²) in [6.45, 7) is 1.75. The Bertz CT molecular complexity index is 465. The number of hydrogen-bond donors (Lipinski definition) is 2. The van der Waals surface area contributed by atoms with E-state index in [-0.39, 0.29) is 31.6 Å². The van der Waals surface area contributed by atoms with Crippen molar-refractivity contribution >= 4 is 23.2 Å². The zero-order chi connectivity index (χ0) is 14.3. The van der Waals surface area contributed by atoms with Crippen LogP contribution >= 0.6 is 11.3 Å². The predicted molar refractivity (Wildman–Crippen MR) is 73.8 cm³/mol. The number of nitrogens with zero attached hydrogens (tertiary/aromatic N) is 1. The molecular weight excluding hydrogens is 264 g/mol. The fourth-order valence-corrected chi connectivity index (χ4v) is 2.32. The minimum Gasteiger partial charge on any atom is -0.480 e. The van der Waals surface area contributed by atoms with Crippen LogP contribution in [0.2, 0.25) is 0 Å². The lowest BCUT2D eigenvalue weighted by Gasteiger charge is -2.18. The molecule has 0 aliphatic heterocycles. The SMILES string of the molecule is C#CCN(CC(=O)O)CC(=O)NC(C)c1cccs1. The zero-order valence-corrected chi connectivity index (χ0v) is 11.4. The molecule has 5 nitrogen and oxygen atoms in total. The number of rotatable bonds is 7. The number of carbonyl (C=O) groups excluding carboxylic acids is 1. The molecule has 0 saturated heterocycles. The van der Waals surface area contributed by atoms with Crippen molar-refractivity contribution in [1.82, 2.24) is 10.2 Å². The highest BCUT2D eigenvalue weighted by Crippen LogP contribution is 2.17. The molecule has 0 radical (unpaired) electrons. The number of carboxylic acids is 1. The first-order valence-electron chi connectivity index (χ1n) is 5.73. The van der Waals surface area contributed by atoms with Crippen LogP contribution in [0.1, 0.15) is 17.8 Å². The average Bonchev–Trinajstić information content (AvgIpc) is 2.81. The van der Waals surface area contributed by atoms with E-state index < -0.39 is 5.97 Å². The fourth-order valence-electron chi connectivity index (χ4n) is 1.59. The topological polar surface area (TPSA) is 69.6 Å². The van der Waals surface area contributed by atoms with E-state index in [0.29, 0.717) is 0 Å². The summed E-state index contributed by atoms with van der Waals surface area (Å²) in [5, 5.41) is 13.5. The lowest BCUT2D eigenvalue weighted by atomic mass is 10.2. The molecule has 2 N–H and O–H groups in total. The third-order valence-electron chi connectivity index (χ3n) is 2.39. The van der Waals surface area contributed by atoms with Gasteiger partial charge in [0.15, 0.2) is 0 Å². The molecule has 1 aromatic heterocycles. The third-order valence-corrected chi connectivity index (χ3v) is 3.44. The molecule has 102 valence electrons.